The summed E-state index contributed by atoms with van der Waals surface area (Å²) in [6.07, 6.45) is 1.01. The number of allylic oxidation sites excluding steroid dienone is 1. The third kappa shape index (κ3) is 3.16. The minimum absolute atomic E-state index is 0.632. The quantitative estimate of drug-likeness (QED) is 0.496. The van der Waals surface area contributed by atoms with Gasteiger partial charge >= 0.3 is 0 Å². The summed E-state index contributed by atoms with van der Waals surface area (Å²) in [5.74, 6) is 0. The van der Waals surface area contributed by atoms with Crippen molar-refractivity contribution in [1.82, 2.24) is 9.47 Å². The maximum absolute atomic E-state index is 6.39. The molecule has 0 spiro atoms. The largest absolute Gasteiger partial charge is 0.340 e. The van der Waals surface area contributed by atoms with E-state index in [2.05, 4.69) is 35.2 Å². The van der Waals surface area contributed by atoms with Gasteiger partial charge in [-0.15, -0.1) is 0 Å². The van der Waals surface area contributed by atoms with Gasteiger partial charge in [-0.1, -0.05) is 47.4 Å². The number of hydrogen-bond acceptors (Lipinski definition) is 1. The van der Waals surface area contributed by atoms with E-state index < -0.39 is 0 Å². The van der Waals surface area contributed by atoms with Gasteiger partial charge in [-0.3, -0.25) is 0 Å². The van der Waals surface area contributed by atoms with E-state index in [1.165, 1.54) is 22.2 Å². The highest BCUT2D eigenvalue weighted by molar-refractivity contribution is 6.35. The summed E-state index contributed by atoms with van der Waals surface area (Å²) in [6.45, 7) is 6.97. The van der Waals surface area contributed by atoms with Crippen molar-refractivity contribution >= 4 is 51.3 Å². The lowest BCUT2D eigenvalue weighted by Gasteiger charge is -2.24. The molecule has 0 atom stereocenters. The predicted molar refractivity (Wildman–Crippen MR) is 112 cm³/mol. The summed E-state index contributed by atoms with van der Waals surface area (Å²) >= 11 is 18.7. The topological polar surface area (TPSA) is 8.17 Å². The van der Waals surface area contributed by atoms with Crippen molar-refractivity contribution in [3.8, 4) is 0 Å². The highest BCUT2D eigenvalue weighted by Gasteiger charge is 2.23. The van der Waals surface area contributed by atoms with Crippen LogP contribution < -0.4 is 0 Å². The zero-order chi connectivity index (χ0) is 18.4. The summed E-state index contributed by atoms with van der Waals surface area (Å²) in [4.78, 5) is 2.35. The predicted octanol–water partition coefficient (Wildman–Crippen LogP) is 6.30. The Bertz CT molecular complexity index is 1020. The van der Waals surface area contributed by atoms with E-state index >= 15 is 0 Å². The van der Waals surface area contributed by atoms with E-state index in [1.54, 1.807) is 6.07 Å². The van der Waals surface area contributed by atoms with Crippen LogP contribution in [0.5, 0.6) is 0 Å². The molecule has 5 heteroatoms. The second kappa shape index (κ2) is 6.94. The molecule has 0 radical (unpaired) electrons. The van der Waals surface area contributed by atoms with Gasteiger partial charge in [0.1, 0.15) is 0 Å². The lowest BCUT2D eigenvalue weighted by Crippen LogP contribution is -2.27. The summed E-state index contributed by atoms with van der Waals surface area (Å²) in [6, 6.07) is 11.7. The minimum atomic E-state index is 0.632. The van der Waals surface area contributed by atoms with Crippen LogP contribution in [0.2, 0.25) is 15.1 Å². The Labute approximate surface area is 168 Å². The molecule has 0 saturated carbocycles. The molecule has 0 fully saturated rings. The molecule has 4 rings (SSSR count). The Morgan fingerprint density at radius 2 is 1.81 bits per heavy atom. The first-order valence-electron chi connectivity index (χ1n) is 8.55. The van der Waals surface area contributed by atoms with Gasteiger partial charge in [-0.2, -0.15) is 0 Å². The molecule has 0 N–H and O–H groups in total. The molecule has 0 unspecified atom stereocenters. The number of rotatable bonds is 3. The van der Waals surface area contributed by atoms with Gasteiger partial charge < -0.3 is 9.47 Å². The molecule has 2 nitrogen and oxygen atoms in total. The van der Waals surface area contributed by atoms with Gasteiger partial charge in [0, 0.05) is 57.7 Å². The fourth-order valence-electron chi connectivity index (χ4n) is 3.79. The van der Waals surface area contributed by atoms with Crippen LogP contribution in [0.15, 0.2) is 43.0 Å². The normalized spacial score (nSPS) is 14.6. The Morgan fingerprint density at radius 1 is 1.08 bits per heavy atom. The molecule has 0 bridgehead atoms. The van der Waals surface area contributed by atoms with E-state index in [9.17, 15) is 0 Å². The summed E-state index contributed by atoms with van der Waals surface area (Å²) in [7, 11) is 2.16. The summed E-state index contributed by atoms with van der Waals surface area (Å²) in [5.41, 5.74) is 5.84. The summed E-state index contributed by atoms with van der Waals surface area (Å²) in [5, 5.41) is 3.27. The van der Waals surface area contributed by atoms with Crippen molar-refractivity contribution in [2.24, 2.45) is 0 Å². The van der Waals surface area contributed by atoms with Crippen molar-refractivity contribution in [1.29, 1.82) is 0 Å². The van der Waals surface area contributed by atoms with Gasteiger partial charge in [0.05, 0.1) is 0 Å². The number of fused-ring (bicyclic) bond motifs is 3. The third-order valence-electron chi connectivity index (χ3n) is 5.07. The maximum Gasteiger partial charge on any atom is 0.0496 e. The van der Waals surface area contributed by atoms with Crippen molar-refractivity contribution in [2.75, 3.05) is 13.6 Å². The number of aromatic nitrogens is 1. The fraction of sp³-hybridized carbons (Fsp3) is 0.238. The lowest BCUT2D eigenvalue weighted by atomic mass is 10.0. The van der Waals surface area contributed by atoms with Crippen molar-refractivity contribution in [2.45, 2.75) is 19.5 Å². The highest BCUT2D eigenvalue weighted by atomic mass is 35.5. The smallest absolute Gasteiger partial charge is 0.0496 e. The number of halogens is 3. The summed E-state index contributed by atoms with van der Waals surface area (Å²) < 4.78 is 2.36. The molecule has 0 aliphatic carbocycles. The lowest BCUT2D eigenvalue weighted by molar-refractivity contribution is 0.310. The molecular weight excluding hydrogens is 387 g/mol. The molecule has 1 aliphatic rings. The number of hydrogen-bond donors (Lipinski definition) is 0. The van der Waals surface area contributed by atoms with Crippen LogP contribution in [0.3, 0.4) is 0 Å². The van der Waals surface area contributed by atoms with Gasteiger partial charge in [0.2, 0.25) is 0 Å². The third-order valence-corrected chi connectivity index (χ3v) is 5.85. The number of benzene rings is 2. The van der Waals surface area contributed by atoms with Crippen LogP contribution in [-0.2, 0) is 19.5 Å². The Balaban J connectivity index is 1.80. The van der Waals surface area contributed by atoms with E-state index in [0.717, 1.165) is 35.7 Å². The zero-order valence-electron chi connectivity index (χ0n) is 14.5. The molecular formula is C21H19Cl3N2. The molecule has 0 saturated heterocycles. The van der Waals surface area contributed by atoms with Crippen LogP contribution in [0.4, 0.5) is 0 Å². The van der Waals surface area contributed by atoms with E-state index in [-0.39, 0.29) is 0 Å². The zero-order valence-corrected chi connectivity index (χ0v) is 16.8. The highest BCUT2D eigenvalue weighted by Crippen LogP contribution is 2.35. The van der Waals surface area contributed by atoms with Crippen LogP contribution in [0.25, 0.3) is 16.5 Å². The molecule has 3 aromatic rings. The monoisotopic (exact) mass is 404 g/mol. The standard InChI is InChI=1S/C21H19Cl3N2/c1-13(16-5-3-15(23)10-19(16)24)11-26-20-6-4-14(22)9-17(20)18-12-25(2)8-7-21(18)26/h3-6,9-10H,1,7-8,11-12H2,2H3. The second-order valence-electron chi connectivity index (χ2n) is 6.89. The van der Waals surface area contributed by atoms with Crippen molar-refractivity contribution < 1.29 is 0 Å². The molecule has 1 aliphatic heterocycles. The SMILES string of the molecule is C=C(Cn1c2c(c3cc(Cl)ccc31)CN(C)CC2)c1ccc(Cl)cc1Cl. The first-order chi connectivity index (χ1) is 12.4. The minimum Gasteiger partial charge on any atom is -0.340 e. The molecule has 2 heterocycles. The Hall–Kier alpha value is -1.45. The van der Waals surface area contributed by atoms with E-state index in [0.29, 0.717) is 16.6 Å². The molecule has 0 amide bonds. The Morgan fingerprint density at radius 3 is 2.58 bits per heavy atom. The molecule has 2 aromatic carbocycles. The average Bonchev–Trinajstić information content (AvgIpc) is 2.87. The first kappa shape index (κ1) is 17.9. The number of nitrogens with zero attached hydrogens (tertiary/aromatic N) is 2. The Kier molecular flexibility index (Phi) is 4.79. The molecule has 134 valence electrons. The molecule has 26 heavy (non-hydrogen) atoms. The molecule has 1 aromatic heterocycles. The van der Waals surface area contributed by atoms with Crippen molar-refractivity contribution in [3.05, 3.63) is 74.9 Å². The van der Waals surface area contributed by atoms with Crippen LogP contribution >= 0.6 is 34.8 Å². The second-order valence-corrected chi connectivity index (χ2v) is 8.17. The van der Waals surface area contributed by atoms with Gasteiger partial charge in [-0.05, 0) is 54.1 Å². The van der Waals surface area contributed by atoms with Crippen molar-refractivity contribution in [3.63, 3.8) is 0 Å². The van der Waals surface area contributed by atoms with E-state index in [4.69, 9.17) is 34.8 Å². The van der Waals surface area contributed by atoms with E-state index in [1.807, 2.05) is 18.2 Å². The maximum atomic E-state index is 6.39. The first-order valence-corrected chi connectivity index (χ1v) is 9.68. The number of likely N-dealkylation sites (N-methyl/N-ethyl adjacent to an activating group) is 1. The van der Waals surface area contributed by atoms with Gasteiger partial charge in [0.25, 0.3) is 0 Å². The van der Waals surface area contributed by atoms with Gasteiger partial charge in [-0.25, -0.2) is 0 Å². The fourth-order valence-corrected chi connectivity index (χ4v) is 4.50. The van der Waals surface area contributed by atoms with Crippen LogP contribution in [0.1, 0.15) is 16.8 Å². The van der Waals surface area contributed by atoms with Gasteiger partial charge in [0.15, 0.2) is 0 Å². The van der Waals surface area contributed by atoms with Crippen LogP contribution in [0, 0.1) is 0 Å². The van der Waals surface area contributed by atoms with Crippen LogP contribution in [-0.4, -0.2) is 23.1 Å². The average molecular weight is 406 g/mol.